The first-order valence-electron chi connectivity index (χ1n) is 9.02. The Morgan fingerprint density at radius 3 is 1.87 bits per heavy atom. The van der Waals surface area contributed by atoms with Gasteiger partial charge in [-0.3, -0.25) is 15.1 Å². The van der Waals surface area contributed by atoms with Crippen LogP contribution in [0.4, 0.5) is 17.1 Å². The van der Waals surface area contributed by atoms with Crippen LogP contribution in [0.5, 0.6) is 23.0 Å². The zero-order chi connectivity index (χ0) is 22.4. The standard InChI is InChI=1S/C22H19N3O6/c1-30-21-7-3-14(9-19(21)26)12-23-16-5-6-17(18(11-16)25(28)29)24-13-15-4-8-22(31-2)20(27)10-15/h3-13,26-27H,1-2H3. The summed E-state index contributed by atoms with van der Waals surface area (Å²) in [5.74, 6) is 0.553. The Morgan fingerprint density at radius 2 is 1.39 bits per heavy atom. The molecular weight excluding hydrogens is 402 g/mol. The number of aromatic hydroxyl groups is 2. The summed E-state index contributed by atoms with van der Waals surface area (Å²) in [6.45, 7) is 0. The average Bonchev–Trinajstić information content (AvgIpc) is 2.76. The normalized spacial score (nSPS) is 11.2. The number of benzene rings is 3. The van der Waals surface area contributed by atoms with E-state index in [1.807, 2.05) is 0 Å². The molecule has 3 rings (SSSR count). The number of methoxy groups -OCH3 is 2. The van der Waals surface area contributed by atoms with E-state index in [0.717, 1.165) is 0 Å². The van der Waals surface area contributed by atoms with Crippen molar-refractivity contribution in [2.75, 3.05) is 14.2 Å². The first kappa shape index (κ1) is 21.3. The molecule has 0 aliphatic rings. The second-order valence-corrected chi connectivity index (χ2v) is 6.31. The maximum atomic E-state index is 11.5. The van der Waals surface area contributed by atoms with E-state index in [1.54, 1.807) is 30.3 Å². The van der Waals surface area contributed by atoms with Gasteiger partial charge in [0.2, 0.25) is 0 Å². The number of nitrogens with zero attached hydrogens (tertiary/aromatic N) is 3. The van der Waals surface area contributed by atoms with Gasteiger partial charge in [-0.1, -0.05) is 0 Å². The lowest BCUT2D eigenvalue weighted by Gasteiger charge is -2.04. The maximum Gasteiger partial charge on any atom is 0.296 e. The fourth-order valence-electron chi connectivity index (χ4n) is 2.72. The highest BCUT2D eigenvalue weighted by atomic mass is 16.6. The van der Waals surface area contributed by atoms with Gasteiger partial charge >= 0.3 is 0 Å². The summed E-state index contributed by atoms with van der Waals surface area (Å²) in [7, 11) is 2.89. The fraction of sp³-hybridized carbons (Fsp3) is 0.0909. The fourth-order valence-corrected chi connectivity index (χ4v) is 2.72. The molecule has 0 bridgehead atoms. The number of rotatable bonds is 7. The molecule has 31 heavy (non-hydrogen) atoms. The van der Waals surface area contributed by atoms with Crippen LogP contribution in [0.3, 0.4) is 0 Å². The third kappa shape index (κ3) is 5.15. The van der Waals surface area contributed by atoms with Gasteiger partial charge in [-0.05, 0) is 59.7 Å². The SMILES string of the molecule is COc1ccc(C=Nc2ccc(N=Cc3ccc(OC)c(O)c3)c([N+](=O)[O-])c2)cc1O. The molecular formula is C22H19N3O6. The highest BCUT2D eigenvalue weighted by Gasteiger charge is 2.14. The van der Waals surface area contributed by atoms with Gasteiger partial charge in [0.15, 0.2) is 23.0 Å². The van der Waals surface area contributed by atoms with E-state index in [9.17, 15) is 20.3 Å². The minimum absolute atomic E-state index is 0.0355. The van der Waals surface area contributed by atoms with Crippen molar-refractivity contribution in [1.82, 2.24) is 0 Å². The molecule has 0 atom stereocenters. The van der Waals surface area contributed by atoms with Crippen molar-refractivity contribution in [2.45, 2.75) is 0 Å². The van der Waals surface area contributed by atoms with Gasteiger partial charge < -0.3 is 19.7 Å². The molecule has 0 spiro atoms. The number of nitro groups is 1. The number of nitro benzene ring substituents is 1. The summed E-state index contributed by atoms with van der Waals surface area (Å²) in [4.78, 5) is 19.3. The lowest BCUT2D eigenvalue weighted by molar-refractivity contribution is -0.384. The summed E-state index contributed by atoms with van der Waals surface area (Å²) in [5.41, 5.74) is 1.42. The quantitative estimate of drug-likeness (QED) is 0.328. The third-order valence-electron chi connectivity index (χ3n) is 4.28. The van der Waals surface area contributed by atoms with Gasteiger partial charge in [-0.15, -0.1) is 0 Å². The third-order valence-corrected chi connectivity index (χ3v) is 4.28. The molecule has 3 aromatic carbocycles. The molecule has 2 N–H and O–H groups in total. The molecule has 0 amide bonds. The Balaban J connectivity index is 1.85. The molecule has 0 saturated carbocycles. The Hall–Kier alpha value is -4.40. The highest BCUT2D eigenvalue weighted by Crippen LogP contribution is 2.32. The molecule has 0 aliphatic heterocycles. The summed E-state index contributed by atoms with van der Waals surface area (Å²) < 4.78 is 9.97. The number of phenolic OH excluding ortho intramolecular Hbond substituents is 2. The summed E-state index contributed by atoms with van der Waals surface area (Å²) in [6.07, 6.45) is 2.88. The predicted octanol–water partition coefficient (Wildman–Crippen LogP) is 4.52. The van der Waals surface area contributed by atoms with Crippen molar-refractivity contribution in [3.8, 4) is 23.0 Å². The van der Waals surface area contributed by atoms with E-state index in [0.29, 0.717) is 28.3 Å². The Bertz CT molecular complexity index is 1170. The molecule has 0 saturated heterocycles. The van der Waals surface area contributed by atoms with Crippen LogP contribution in [-0.4, -0.2) is 41.8 Å². The van der Waals surface area contributed by atoms with Crippen LogP contribution < -0.4 is 9.47 Å². The molecule has 0 radical (unpaired) electrons. The van der Waals surface area contributed by atoms with Crippen LogP contribution in [0.15, 0.2) is 64.6 Å². The number of hydrogen-bond acceptors (Lipinski definition) is 8. The molecule has 9 nitrogen and oxygen atoms in total. The van der Waals surface area contributed by atoms with Crippen LogP contribution in [0.25, 0.3) is 0 Å². The Kier molecular flexibility index (Phi) is 6.46. The molecule has 0 aromatic heterocycles. The molecule has 9 heteroatoms. The van der Waals surface area contributed by atoms with Crippen molar-refractivity contribution >= 4 is 29.5 Å². The van der Waals surface area contributed by atoms with E-state index >= 15 is 0 Å². The van der Waals surface area contributed by atoms with E-state index in [4.69, 9.17) is 9.47 Å². The van der Waals surface area contributed by atoms with E-state index in [-0.39, 0.29) is 22.9 Å². The van der Waals surface area contributed by atoms with Crippen LogP contribution >= 0.6 is 0 Å². The first-order chi connectivity index (χ1) is 14.9. The summed E-state index contributed by atoms with van der Waals surface area (Å²) >= 11 is 0. The second kappa shape index (κ2) is 9.40. The monoisotopic (exact) mass is 421 g/mol. The van der Waals surface area contributed by atoms with E-state index in [2.05, 4.69) is 9.98 Å². The molecule has 0 fully saturated rings. The largest absolute Gasteiger partial charge is 0.504 e. The van der Waals surface area contributed by atoms with Crippen molar-refractivity contribution in [3.05, 3.63) is 75.8 Å². The lowest BCUT2D eigenvalue weighted by atomic mass is 10.2. The van der Waals surface area contributed by atoms with Crippen LogP contribution in [0.2, 0.25) is 0 Å². The maximum absolute atomic E-state index is 11.5. The van der Waals surface area contributed by atoms with Crippen LogP contribution in [0.1, 0.15) is 11.1 Å². The van der Waals surface area contributed by atoms with E-state index < -0.39 is 4.92 Å². The number of phenols is 2. The minimum Gasteiger partial charge on any atom is -0.504 e. The number of aliphatic imine (C=N–C) groups is 2. The van der Waals surface area contributed by atoms with Crippen LogP contribution in [0, 0.1) is 10.1 Å². The topological polar surface area (TPSA) is 127 Å². The summed E-state index contributed by atoms with van der Waals surface area (Å²) in [5, 5.41) is 31.1. The lowest BCUT2D eigenvalue weighted by Crippen LogP contribution is -1.90. The smallest absolute Gasteiger partial charge is 0.296 e. The highest BCUT2D eigenvalue weighted by molar-refractivity contribution is 5.86. The number of hydrogen-bond donors (Lipinski definition) is 2. The zero-order valence-corrected chi connectivity index (χ0v) is 16.7. The van der Waals surface area contributed by atoms with Gasteiger partial charge in [-0.2, -0.15) is 0 Å². The predicted molar refractivity (Wildman–Crippen MR) is 117 cm³/mol. The molecule has 158 valence electrons. The van der Waals surface area contributed by atoms with E-state index in [1.165, 1.54) is 50.9 Å². The van der Waals surface area contributed by atoms with Crippen molar-refractivity contribution in [2.24, 2.45) is 9.98 Å². The summed E-state index contributed by atoms with van der Waals surface area (Å²) in [6, 6.07) is 13.8. The number of ether oxygens (including phenoxy) is 2. The molecule has 0 heterocycles. The van der Waals surface area contributed by atoms with Gasteiger partial charge in [-0.25, -0.2) is 4.99 Å². The van der Waals surface area contributed by atoms with Crippen molar-refractivity contribution < 1.29 is 24.6 Å². The molecule has 0 aliphatic carbocycles. The molecule has 0 unspecified atom stereocenters. The first-order valence-corrected chi connectivity index (χ1v) is 9.02. The van der Waals surface area contributed by atoms with Gasteiger partial charge in [0.05, 0.1) is 24.8 Å². The minimum atomic E-state index is -0.545. The molecule has 3 aromatic rings. The van der Waals surface area contributed by atoms with Gasteiger partial charge in [0, 0.05) is 18.5 Å². The Labute approximate surface area is 177 Å². The van der Waals surface area contributed by atoms with Gasteiger partial charge in [0.1, 0.15) is 5.69 Å². The average molecular weight is 421 g/mol. The Morgan fingerprint density at radius 1 is 0.839 bits per heavy atom. The zero-order valence-electron chi connectivity index (χ0n) is 16.7. The van der Waals surface area contributed by atoms with Crippen molar-refractivity contribution in [1.29, 1.82) is 0 Å². The van der Waals surface area contributed by atoms with Crippen LogP contribution in [-0.2, 0) is 0 Å². The van der Waals surface area contributed by atoms with Gasteiger partial charge in [0.25, 0.3) is 5.69 Å². The second-order valence-electron chi connectivity index (χ2n) is 6.31. The van der Waals surface area contributed by atoms with Crippen molar-refractivity contribution in [3.63, 3.8) is 0 Å².